The fraction of sp³-hybridized carbons (Fsp3) is 0.545. The van der Waals surface area contributed by atoms with Crippen LogP contribution < -0.4 is 0 Å². The van der Waals surface area contributed by atoms with Crippen molar-refractivity contribution >= 4 is 11.8 Å². The largest absolute Gasteiger partial charge is 0.481 e. The molecular weight excluding hydrogens is 312 g/mol. The Morgan fingerprint density at radius 2 is 1.96 bits per heavy atom. The van der Waals surface area contributed by atoms with E-state index in [1.165, 1.54) is 24.0 Å². The first-order valence-electron chi connectivity index (χ1n) is 9.12. The Morgan fingerprint density at radius 3 is 2.56 bits per heavy atom. The highest BCUT2D eigenvalue weighted by Gasteiger charge is 2.26. The van der Waals surface area contributed by atoms with E-state index in [1.807, 2.05) is 26.0 Å². The summed E-state index contributed by atoms with van der Waals surface area (Å²) in [4.78, 5) is 22.8. The third-order valence-corrected chi connectivity index (χ3v) is 4.88. The Balaban J connectivity index is 2.67. The van der Waals surface area contributed by atoms with Gasteiger partial charge in [0.15, 0.2) is 5.78 Å². The number of hydrogen-bond donors (Lipinski definition) is 1. The summed E-state index contributed by atoms with van der Waals surface area (Å²) in [5.41, 5.74) is 3.89. The van der Waals surface area contributed by atoms with Gasteiger partial charge in [0.2, 0.25) is 0 Å². The fourth-order valence-electron chi connectivity index (χ4n) is 3.20. The second-order valence-electron chi connectivity index (χ2n) is 7.70. The number of carbonyl (C=O) groups excluding carboxylic acids is 1. The third kappa shape index (κ3) is 7.25. The lowest BCUT2D eigenvalue weighted by Crippen LogP contribution is -2.19. The predicted octanol–water partition coefficient (Wildman–Crippen LogP) is 5.64. The molecule has 0 heterocycles. The molecule has 0 amide bonds. The SMILES string of the molecule is CC(C=CC(=O)C(C)C=CC1=C(C)CCCC1(C)C)=CCCC(=O)O. The van der Waals surface area contributed by atoms with Gasteiger partial charge in [-0.15, -0.1) is 0 Å². The van der Waals surface area contributed by atoms with Crippen LogP contribution in [-0.2, 0) is 9.59 Å². The number of rotatable bonds is 8. The number of hydrogen-bond acceptors (Lipinski definition) is 2. The van der Waals surface area contributed by atoms with Crippen molar-refractivity contribution in [1.82, 2.24) is 0 Å². The van der Waals surface area contributed by atoms with E-state index in [2.05, 4.69) is 26.8 Å². The molecule has 1 aliphatic rings. The van der Waals surface area contributed by atoms with E-state index in [4.69, 9.17) is 5.11 Å². The number of ketones is 1. The molecule has 0 aromatic heterocycles. The molecule has 0 saturated heterocycles. The number of allylic oxidation sites excluding steroid dienone is 8. The summed E-state index contributed by atoms with van der Waals surface area (Å²) in [7, 11) is 0. The first kappa shape index (κ1) is 21.1. The van der Waals surface area contributed by atoms with Crippen LogP contribution in [0.25, 0.3) is 0 Å². The molecule has 1 unspecified atom stereocenters. The molecule has 0 saturated carbocycles. The molecule has 0 radical (unpaired) electrons. The molecule has 138 valence electrons. The molecule has 3 nitrogen and oxygen atoms in total. The van der Waals surface area contributed by atoms with Crippen LogP contribution in [0.1, 0.15) is 66.7 Å². The van der Waals surface area contributed by atoms with Gasteiger partial charge >= 0.3 is 5.97 Å². The lowest BCUT2D eigenvalue weighted by Gasteiger charge is -2.33. The molecule has 25 heavy (non-hydrogen) atoms. The van der Waals surface area contributed by atoms with Crippen molar-refractivity contribution in [3.8, 4) is 0 Å². The second kappa shape index (κ2) is 9.55. The zero-order valence-electron chi connectivity index (χ0n) is 16.3. The molecule has 1 rings (SSSR count). The van der Waals surface area contributed by atoms with Gasteiger partial charge in [-0.1, -0.05) is 56.2 Å². The van der Waals surface area contributed by atoms with Gasteiger partial charge in [0.1, 0.15) is 0 Å². The van der Waals surface area contributed by atoms with Crippen LogP contribution >= 0.6 is 0 Å². The summed E-state index contributed by atoms with van der Waals surface area (Å²) in [5, 5.41) is 8.63. The monoisotopic (exact) mass is 344 g/mol. The van der Waals surface area contributed by atoms with Gasteiger partial charge in [0.05, 0.1) is 0 Å². The van der Waals surface area contributed by atoms with Crippen LogP contribution in [-0.4, -0.2) is 16.9 Å². The topological polar surface area (TPSA) is 54.4 Å². The smallest absolute Gasteiger partial charge is 0.303 e. The van der Waals surface area contributed by atoms with Crippen molar-refractivity contribution in [2.75, 3.05) is 0 Å². The Morgan fingerprint density at radius 1 is 1.28 bits per heavy atom. The van der Waals surface area contributed by atoms with Gasteiger partial charge in [0.25, 0.3) is 0 Å². The Labute approximate surface area is 152 Å². The number of carbonyl (C=O) groups is 2. The summed E-state index contributed by atoms with van der Waals surface area (Å²) >= 11 is 0. The van der Waals surface area contributed by atoms with Crippen LogP contribution in [0.5, 0.6) is 0 Å². The van der Waals surface area contributed by atoms with Gasteiger partial charge < -0.3 is 5.11 Å². The predicted molar refractivity (Wildman–Crippen MR) is 103 cm³/mol. The zero-order valence-corrected chi connectivity index (χ0v) is 16.3. The molecule has 0 bridgehead atoms. The van der Waals surface area contributed by atoms with Gasteiger partial charge in [-0.05, 0) is 56.6 Å². The molecule has 0 spiro atoms. The van der Waals surface area contributed by atoms with Crippen LogP contribution in [0.4, 0.5) is 0 Å². The summed E-state index contributed by atoms with van der Waals surface area (Å²) < 4.78 is 0. The third-order valence-electron chi connectivity index (χ3n) is 4.88. The van der Waals surface area contributed by atoms with E-state index in [0.29, 0.717) is 6.42 Å². The second-order valence-corrected chi connectivity index (χ2v) is 7.70. The average molecular weight is 344 g/mol. The maximum absolute atomic E-state index is 12.3. The van der Waals surface area contributed by atoms with Crippen LogP contribution in [0.2, 0.25) is 0 Å². The molecule has 0 aromatic rings. The summed E-state index contributed by atoms with van der Waals surface area (Å²) in [6, 6.07) is 0. The van der Waals surface area contributed by atoms with Crippen LogP contribution in [0, 0.1) is 11.3 Å². The number of aliphatic carboxylic acids is 1. The Bertz CT molecular complexity index is 615. The number of carboxylic acids is 1. The molecule has 1 atom stereocenters. The highest BCUT2D eigenvalue weighted by molar-refractivity contribution is 5.93. The molecule has 3 heteroatoms. The first-order valence-corrected chi connectivity index (χ1v) is 9.12. The van der Waals surface area contributed by atoms with Gasteiger partial charge in [-0.3, -0.25) is 9.59 Å². The van der Waals surface area contributed by atoms with Gasteiger partial charge in [0, 0.05) is 12.3 Å². The molecule has 0 aliphatic heterocycles. The maximum Gasteiger partial charge on any atom is 0.303 e. The van der Waals surface area contributed by atoms with Crippen LogP contribution in [0.3, 0.4) is 0 Å². The first-order chi connectivity index (χ1) is 11.6. The molecule has 0 fully saturated rings. The van der Waals surface area contributed by atoms with E-state index < -0.39 is 5.97 Å². The lowest BCUT2D eigenvalue weighted by molar-refractivity contribution is -0.136. The van der Waals surface area contributed by atoms with Crippen molar-refractivity contribution in [1.29, 1.82) is 0 Å². The molecular formula is C22H32O3. The normalized spacial score (nSPS) is 19.6. The number of carboxylic acid groups (broad SMARTS) is 1. The van der Waals surface area contributed by atoms with E-state index in [0.717, 1.165) is 12.0 Å². The van der Waals surface area contributed by atoms with Crippen molar-refractivity contribution in [3.05, 3.63) is 47.1 Å². The maximum atomic E-state index is 12.3. The van der Waals surface area contributed by atoms with E-state index in [-0.39, 0.29) is 23.5 Å². The van der Waals surface area contributed by atoms with E-state index in [9.17, 15) is 9.59 Å². The van der Waals surface area contributed by atoms with Crippen molar-refractivity contribution in [2.45, 2.75) is 66.7 Å². The zero-order chi connectivity index (χ0) is 19.0. The minimum atomic E-state index is -0.807. The fourth-order valence-corrected chi connectivity index (χ4v) is 3.20. The standard InChI is InChI=1S/C22H32O3/c1-16(8-6-10-21(24)25)11-14-20(23)18(3)12-13-19-17(2)9-7-15-22(19,4)5/h8,11-14,18H,6-7,9-10,15H2,1-5H3,(H,24,25). The highest BCUT2D eigenvalue weighted by Crippen LogP contribution is 2.40. The van der Waals surface area contributed by atoms with Crippen molar-refractivity contribution in [2.24, 2.45) is 11.3 Å². The quantitative estimate of drug-likeness (QED) is 0.458. The van der Waals surface area contributed by atoms with E-state index in [1.54, 1.807) is 12.2 Å². The van der Waals surface area contributed by atoms with Gasteiger partial charge in [-0.25, -0.2) is 0 Å². The summed E-state index contributed by atoms with van der Waals surface area (Å²) in [6.45, 7) is 10.5. The van der Waals surface area contributed by atoms with Crippen molar-refractivity contribution < 1.29 is 14.7 Å². The Kier molecular flexibility index (Phi) is 8.08. The lowest BCUT2D eigenvalue weighted by atomic mass is 9.72. The molecule has 1 aliphatic carbocycles. The van der Waals surface area contributed by atoms with Gasteiger partial charge in [-0.2, -0.15) is 0 Å². The summed E-state index contributed by atoms with van der Waals surface area (Å²) in [5.74, 6) is -0.909. The molecule has 1 N–H and O–H groups in total. The minimum absolute atomic E-state index is 0.0640. The van der Waals surface area contributed by atoms with Crippen molar-refractivity contribution in [3.63, 3.8) is 0 Å². The highest BCUT2D eigenvalue weighted by atomic mass is 16.4. The minimum Gasteiger partial charge on any atom is -0.481 e. The Hall–Kier alpha value is -1.90. The van der Waals surface area contributed by atoms with Crippen LogP contribution in [0.15, 0.2) is 47.1 Å². The average Bonchev–Trinajstić information content (AvgIpc) is 2.50. The van der Waals surface area contributed by atoms with E-state index >= 15 is 0 Å². The summed E-state index contributed by atoms with van der Waals surface area (Å²) in [6.07, 6.45) is 13.5. The molecule has 0 aromatic carbocycles.